The summed E-state index contributed by atoms with van der Waals surface area (Å²) in [6, 6.07) is -0.316. The molecule has 136 valence electrons. The Bertz CT molecular complexity index is 962. The molecule has 2 aromatic rings. The molecule has 1 unspecified atom stereocenters. The normalized spacial score (nSPS) is 19.4. The first-order valence-corrected chi connectivity index (χ1v) is 10.0. The molecule has 3 heterocycles. The lowest BCUT2D eigenvalue weighted by molar-refractivity contribution is -0.133. The number of fused-ring (bicyclic) bond motifs is 1. The lowest BCUT2D eigenvalue weighted by Crippen LogP contribution is -2.44. The SMILES string of the molecule is CCCN(C(=O)Cn1cnc2c(cnn2C)c1=O)C1CCS(=O)(=O)C1. The fraction of sp³-hybridized carbons (Fsp3) is 0.600. The van der Waals surface area contributed by atoms with Gasteiger partial charge in [0.15, 0.2) is 15.5 Å². The number of rotatable bonds is 5. The maximum Gasteiger partial charge on any atom is 0.264 e. The third-order valence-corrected chi connectivity index (χ3v) is 6.21. The maximum atomic E-state index is 12.7. The number of hydrogen-bond acceptors (Lipinski definition) is 6. The summed E-state index contributed by atoms with van der Waals surface area (Å²) in [5, 5.41) is 4.35. The van der Waals surface area contributed by atoms with Crippen LogP contribution in [0, 0.1) is 0 Å². The molecule has 9 nitrogen and oxygen atoms in total. The standard InChI is InChI=1S/C15H21N5O4S/c1-3-5-20(11-4-6-25(23,24)9-11)13(21)8-19-10-16-14-12(15(19)22)7-17-18(14)2/h7,10-11H,3-6,8-9H2,1-2H3. The van der Waals surface area contributed by atoms with Crippen molar-refractivity contribution in [2.75, 3.05) is 18.1 Å². The number of aromatic nitrogens is 4. The molecular weight excluding hydrogens is 346 g/mol. The van der Waals surface area contributed by atoms with Gasteiger partial charge < -0.3 is 4.90 Å². The molecule has 0 bridgehead atoms. The molecule has 25 heavy (non-hydrogen) atoms. The van der Waals surface area contributed by atoms with E-state index in [1.165, 1.54) is 21.8 Å². The third-order valence-electron chi connectivity index (χ3n) is 4.46. The van der Waals surface area contributed by atoms with Crippen molar-refractivity contribution >= 4 is 26.8 Å². The Morgan fingerprint density at radius 3 is 2.84 bits per heavy atom. The van der Waals surface area contributed by atoms with Crippen LogP contribution in [0.25, 0.3) is 11.0 Å². The summed E-state index contributed by atoms with van der Waals surface area (Å²) in [6.45, 7) is 2.24. The van der Waals surface area contributed by atoms with Crippen LogP contribution in [0.1, 0.15) is 19.8 Å². The van der Waals surface area contributed by atoms with Crippen LogP contribution in [-0.2, 0) is 28.2 Å². The summed E-state index contributed by atoms with van der Waals surface area (Å²) in [5.41, 5.74) is 0.128. The van der Waals surface area contributed by atoms with Crippen molar-refractivity contribution in [3.63, 3.8) is 0 Å². The highest BCUT2D eigenvalue weighted by atomic mass is 32.2. The first kappa shape index (κ1) is 17.6. The number of aryl methyl sites for hydroxylation is 1. The number of carbonyl (C=O) groups excluding carboxylic acids is 1. The van der Waals surface area contributed by atoms with Gasteiger partial charge in [-0.25, -0.2) is 13.4 Å². The number of carbonyl (C=O) groups is 1. The van der Waals surface area contributed by atoms with E-state index in [-0.39, 0.29) is 35.6 Å². The largest absolute Gasteiger partial charge is 0.337 e. The van der Waals surface area contributed by atoms with E-state index in [4.69, 9.17) is 0 Å². The molecule has 1 amide bonds. The Labute approximate surface area is 145 Å². The molecule has 0 aromatic carbocycles. The highest BCUT2D eigenvalue weighted by Crippen LogP contribution is 2.18. The van der Waals surface area contributed by atoms with Crippen molar-refractivity contribution in [1.29, 1.82) is 0 Å². The lowest BCUT2D eigenvalue weighted by Gasteiger charge is -2.28. The minimum atomic E-state index is -3.09. The zero-order valence-corrected chi connectivity index (χ0v) is 15.1. The van der Waals surface area contributed by atoms with Gasteiger partial charge in [0.05, 0.1) is 17.7 Å². The molecule has 0 saturated carbocycles. The molecule has 1 aliphatic heterocycles. The summed E-state index contributed by atoms with van der Waals surface area (Å²) in [5.74, 6) is -0.168. The topological polar surface area (TPSA) is 107 Å². The zero-order chi connectivity index (χ0) is 18.2. The molecular formula is C15H21N5O4S. The highest BCUT2D eigenvalue weighted by molar-refractivity contribution is 7.91. The van der Waals surface area contributed by atoms with Crippen molar-refractivity contribution in [1.82, 2.24) is 24.2 Å². The number of sulfone groups is 1. The van der Waals surface area contributed by atoms with Crippen LogP contribution in [0.3, 0.4) is 0 Å². The van der Waals surface area contributed by atoms with Crippen LogP contribution in [0.5, 0.6) is 0 Å². The molecule has 1 aliphatic rings. The molecule has 1 atom stereocenters. The Hall–Kier alpha value is -2.23. The van der Waals surface area contributed by atoms with Crippen LogP contribution in [0.15, 0.2) is 17.3 Å². The minimum Gasteiger partial charge on any atom is -0.337 e. The predicted molar refractivity (Wildman–Crippen MR) is 91.8 cm³/mol. The highest BCUT2D eigenvalue weighted by Gasteiger charge is 2.34. The monoisotopic (exact) mass is 367 g/mol. The number of amides is 1. The summed E-state index contributed by atoms with van der Waals surface area (Å²) >= 11 is 0. The first-order chi connectivity index (χ1) is 11.8. The molecule has 0 N–H and O–H groups in total. The van der Waals surface area contributed by atoms with Gasteiger partial charge >= 0.3 is 0 Å². The molecule has 2 aromatic heterocycles. The molecule has 0 radical (unpaired) electrons. The second kappa shape index (κ2) is 6.58. The van der Waals surface area contributed by atoms with Crippen molar-refractivity contribution in [2.24, 2.45) is 7.05 Å². The van der Waals surface area contributed by atoms with Gasteiger partial charge in [0.1, 0.15) is 18.3 Å². The molecule has 0 aliphatic carbocycles. The molecule has 1 fully saturated rings. The average molecular weight is 367 g/mol. The first-order valence-electron chi connectivity index (χ1n) is 8.19. The van der Waals surface area contributed by atoms with Crippen molar-refractivity contribution < 1.29 is 13.2 Å². The maximum absolute atomic E-state index is 12.7. The Morgan fingerprint density at radius 2 is 2.20 bits per heavy atom. The van der Waals surface area contributed by atoms with Crippen LogP contribution >= 0.6 is 0 Å². The fourth-order valence-electron chi connectivity index (χ4n) is 3.19. The van der Waals surface area contributed by atoms with Crippen molar-refractivity contribution in [3.8, 4) is 0 Å². The van der Waals surface area contributed by atoms with Crippen LogP contribution < -0.4 is 5.56 Å². The molecule has 10 heteroatoms. The van der Waals surface area contributed by atoms with Crippen LogP contribution in [0.4, 0.5) is 0 Å². The van der Waals surface area contributed by atoms with E-state index in [1.807, 2.05) is 6.92 Å². The van der Waals surface area contributed by atoms with Crippen LogP contribution in [-0.4, -0.2) is 62.6 Å². The van der Waals surface area contributed by atoms with E-state index in [2.05, 4.69) is 10.1 Å². The Morgan fingerprint density at radius 1 is 1.44 bits per heavy atom. The van der Waals surface area contributed by atoms with Gasteiger partial charge in [-0.1, -0.05) is 6.92 Å². The van der Waals surface area contributed by atoms with E-state index in [0.717, 1.165) is 6.42 Å². The van der Waals surface area contributed by atoms with Crippen LogP contribution in [0.2, 0.25) is 0 Å². The van der Waals surface area contributed by atoms with Gasteiger partial charge in [0.25, 0.3) is 5.56 Å². The van der Waals surface area contributed by atoms with E-state index < -0.39 is 9.84 Å². The second-order valence-electron chi connectivity index (χ2n) is 6.33. The smallest absolute Gasteiger partial charge is 0.264 e. The average Bonchev–Trinajstić information content (AvgIpc) is 3.10. The van der Waals surface area contributed by atoms with Crippen molar-refractivity contribution in [2.45, 2.75) is 32.4 Å². The minimum absolute atomic E-state index is 0.00642. The van der Waals surface area contributed by atoms with Gasteiger partial charge in [-0.2, -0.15) is 5.10 Å². The molecule has 0 spiro atoms. The summed E-state index contributed by atoms with van der Waals surface area (Å²) < 4.78 is 26.2. The Kier molecular flexibility index (Phi) is 4.63. The van der Waals surface area contributed by atoms with Crippen molar-refractivity contribution in [3.05, 3.63) is 22.9 Å². The van der Waals surface area contributed by atoms with Gasteiger partial charge in [-0.3, -0.25) is 18.8 Å². The van der Waals surface area contributed by atoms with Gasteiger partial charge in [0, 0.05) is 19.6 Å². The Balaban J connectivity index is 1.84. The second-order valence-corrected chi connectivity index (χ2v) is 8.56. The van der Waals surface area contributed by atoms with E-state index in [9.17, 15) is 18.0 Å². The van der Waals surface area contributed by atoms with Gasteiger partial charge in [0.2, 0.25) is 5.91 Å². The molecule has 1 saturated heterocycles. The van der Waals surface area contributed by atoms with Gasteiger partial charge in [-0.05, 0) is 12.8 Å². The van der Waals surface area contributed by atoms with E-state index in [0.29, 0.717) is 24.0 Å². The molecule has 3 rings (SSSR count). The summed E-state index contributed by atoms with van der Waals surface area (Å²) in [6.07, 6.45) is 3.93. The zero-order valence-electron chi connectivity index (χ0n) is 14.3. The lowest BCUT2D eigenvalue weighted by atomic mass is 10.2. The summed E-state index contributed by atoms with van der Waals surface area (Å²) in [4.78, 5) is 31.0. The third kappa shape index (κ3) is 3.44. The fourth-order valence-corrected chi connectivity index (χ4v) is 4.92. The number of hydrogen-bond donors (Lipinski definition) is 0. The predicted octanol–water partition coefficient (Wildman–Crippen LogP) is -0.444. The number of nitrogens with zero attached hydrogens (tertiary/aromatic N) is 5. The quantitative estimate of drug-likeness (QED) is 0.709. The van der Waals surface area contributed by atoms with E-state index >= 15 is 0 Å². The van der Waals surface area contributed by atoms with E-state index in [1.54, 1.807) is 11.9 Å². The summed E-state index contributed by atoms with van der Waals surface area (Å²) in [7, 11) is -1.40. The van der Waals surface area contributed by atoms with Gasteiger partial charge in [-0.15, -0.1) is 0 Å².